The highest BCUT2D eigenvalue weighted by molar-refractivity contribution is 8.71. The van der Waals surface area contributed by atoms with E-state index in [0.29, 0.717) is 6.42 Å². The maximum absolute atomic E-state index is 12.1. The first-order valence-corrected chi connectivity index (χ1v) is 10.6. The van der Waals surface area contributed by atoms with Crippen LogP contribution in [0.4, 0.5) is 0 Å². The third kappa shape index (κ3) is 7.14. The summed E-state index contributed by atoms with van der Waals surface area (Å²) in [5.74, 6) is 0.786. The normalized spacial score (nSPS) is 14.6. The molecule has 1 aromatic carbocycles. The van der Waals surface area contributed by atoms with E-state index in [1.807, 2.05) is 37.3 Å². The van der Waals surface area contributed by atoms with Crippen molar-refractivity contribution in [2.75, 3.05) is 12.0 Å². The van der Waals surface area contributed by atoms with Gasteiger partial charge in [-0.1, -0.05) is 44.2 Å². The van der Waals surface area contributed by atoms with Gasteiger partial charge < -0.3 is 0 Å². The van der Waals surface area contributed by atoms with E-state index in [1.54, 1.807) is 6.26 Å². The maximum atomic E-state index is 12.1. The van der Waals surface area contributed by atoms with Gasteiger partial charge >= 0.3 is 0 Å². The number of carbonyl (C=O) groups is 1. The zero-order valence-electron chi connectivity index (χ0n) is 12.9. The van der Waals surface area contributed by atoms with Gasteiger partial charge in [-0.25, -0.2) is 8.42 Å². The molecule has 0 heterocycles. The number of hydrogen-bond donors (Lipinski definition) is 0. The van der Waals surface area contributed by atoms with Crippen molar-refractivity contribution in [3.8, 4) is 0 Å². The highest BCUT2D eigenvalue weighted by Crippen LogP contribution is 2.21. The van der Waals surface area contributed by atoms with Gasteiger partial charge in [0.15, 0.2) is 5.78 Å². The number of Topliss-reactive ketones (excluding diaryl/α,β-unsaturated/α-hetero) is 1. The molecular weight excluding hydrogens is 304 g/mol. The summed E-state index contributed by atoms with van der Waals surface area (Å²) in [5, 5.41) is 0. The summed E-state index contributed by atoms with van der Waals surface area (Å²) in [7, 11) is -2.07. The van der Waals surface area contributed by atoms with E-state index < -0.39 is 8.87 Å². The molecule has 21 heavy (non-hydrogen) atoms. The van der Waals surface area contributed by atoms with E-state index in [-0.39, 0.29) is 23.4 Å². The van der Waals surface area contributed by atoms with Crippen LogP contribution in [0.2, 0.25) is 0 Å². The first kappa shape index (κ1) is 18.2. The van der Waals surface area contributed by atoms with E-state index in [1.165, 1.54) is 0 Å². The Morgan fingerprint density at radius 3 is 2.24 bits per heavy atom. The fourth-order valence-corrected chi connectivity index (χ4v) is 4.33. The Bertz CT molecular complexity index is 538. The molecular formula is C16H24O3S2. The average Bonchev–Trinajstić information content (AvgIpc) is 2.45. The molecule has 0 bridgehead atoms. The van der Waals surface area contributed by atoms with Crippen LogP contribution in [0.25, 0.3) is 0 Å². The molecule has 0 saturated carbocycles. The second-order valence-corrected chi connectivity index (χ2v) is 9.98. The average molecular weight is 328 g/mol. The minimum absolute atomic E-state index is 0.136. The molecule has 0 spiro atoms. The number of benzene rings is 1. The molecule has 2 unspecified atom stereocenters. The Morgan fingerprint density at radius 2 is 1.67 bits per heavy atom. The molecule has 0 amide bonds. The molecule has 0 N–H and O–H groups in total. The summed E-state index contributed by atoms with van der Waals surface area (Å²) >= 11 is 0. The van der Waals surface area contributed by atoms with Crippen LogP contribution in [0.3, 0.4) is 0 Å². The van der Waals surface area contributed by atoms with Crippen molar-refractivity contribution >= 4 is 25.4 Å². The number of ketones is 1. The van der Waals surface area contributed by atoms with Crippen molar-refractivity contribution in [1.82, 2.24) is 0 Å². The van der Waals surface area contributed by atoms with Crippen molar-refractivity contribution in [3.05, 3.63) is 35.9 Å². The summed E-state index contributed by atoms with van der Waals surface area (Å²) in [6, 6.07) is 9.31. The van der Waals surface area contributed by atoms with Gasteiger partial charge in [0.25, 0.3) is 0 Å². The molecule has 2 atom stereocenters. The quantitative estimate of drug-likeness (QED) is 0.508. The smallest absolute Gasteiger partial charge is 0.201 e. The van der Waals surface area contributed by atoms with E-state index in [0.717, 1.165) is 29.2 Å². The van der Waals surface area contributed by atoms with Gasteiger partial charge in [0.05, 0.1) is 5.75 Å². The van der Waals surface area contributed by atoms with Crippen LogP contribution < -0.4 is 0 Å². The Balaban J connectivity index is 2.37. The summed E-state index contributed by atoms with van der Waals surface area (Å²) in [5.41, 5.74) is 0.752. The van der Waals surface area contributed by atoms with E-state index >= 15 is 0 Å². The molecule has 0 aliphatic heterocycles. The first-order valence-electron chi connectivity index (χ1n) is 7.20. The maximum Gasteiger partial charge on any atom is 0.201 e. The molecule has 0 aromatic heterocycles. The van der Waals surface area contributed by atoms with Gasteiger partial charge in [0, 0.05) is 12.0 Å². The van der Waals surface area contributed by atoms with Crippen molar-refractivity contribution in [2.45, 2.75) is 33.1 Å². The Labute approximate surface area is 131 Å². The molecule has 0 fully saturated rings. The van der Waals surface area contributed by atoms with E-state index in [9.17, 15) is 13.2 Å². The zero-order chi connectivity index (χ0) is 15.9. The number of hydrogen-bond acceptors (Lipinski definition) is 4. The molecule has 1 aromatic rings. The van der Waals surface area contributed by atoms with Gasteiger partial charge in [0.2, 0.25) is 8.87 Å². The van der Waals surface area contributed by atoms with Crippen molar-refractivity contribution in [1.29, 1.82) is 0 Å². The summed E-state index contributed by atoms with van der Waals surface area (Å²) in [6.07, 6.45) is 3.84. The SMILES string of the molecule is CSS(=O)(=O)CC(C)CCC(C)CC(=O)c1ccccc1. The minimum atomic E-state index is -2.98. The summed E-state index contributed by atoms with van der Waals surface area (Å²) in [6.45, 7) is 4.01. The lowest BCUT2D eigenvalue weighted by atomic mass is 9.93. The van der Waals surface area contributed by atoms with Crippen LogP contribution in [-0.4, -0.2) is 26.2 Å². The second kappa shape index (κ2) is 8.59. The largest absolute Gasteiger partial charge is 0.294 e. The van der Waals surface area contributed by atoms with Gasteiger partial charge in [-0.15, -0.1) is 0 Å². The predicted octanol–water partition coefficient (Wildman–Crippen LogP) is 4.00. The Morgan fingerprint density at radius 1 is 1.10 bits per heavy atom. The highest BCUT2D eigenvalue weighted by atomic mass is 33.1. The van der Waals surface area contributed by atoms with Gasteiger partial charge in [-0.2, -0.15) is 0 Å². The monoisotopic (exact) mass is 328 g/mol. The van der Waals surface area contributed by atoms with Crippen LogP contribution in [0.1, 0.15) is 43.5 Å². The van der Waals surface area contributed by atoms with Gasteiger partial charge in [-0.05, 0) is 41.7 Å². The number of rotatable bonds is 9. The lowest BCUT2D eigenvalue weighted by molar-refractivity contribution is 0.0961. The standard InChI is InChI=1S/C16H24O3S2/c1-13(9-10-14(2)12-21(18,19)20-3)11-16(17)15-7-5-4-6-8-15/h4-8,13-14H,9-12H2,1-3H3. The summed E-state index contributed by atoms with van der Waals surface area (Å²) < 4.78 is 23.1. The van der Waals surface area contributed by atoms with Gasteiger partial charge in [0.1, 0.15) is 0 Å². The van der Waals surface area contributed by atoms with Crippen LogP contribution in [0, 0.1) is 11.8 Å². The number of carbonyl (C=O) groups excluding carboxylic acids is 1. The lowest BCUT2D eigenvalue weighted by Gasteiger charge is -2.14. The predicted molar refractivity (Wildman–Crippen MR) is 90.3 cm³/mol. The Hall–Kier alpha value is -0.810. The third-order valence-electron chi connectivity index (χ3n) is 3.52. The molecule has 3 nitrogen and oxygen atoms in total. The Kier molecular flexibility index (Phi) is 7.46. The van der Waals surface area contributed by atoms with Crippen LogP contribution in [-0.2, 0) is 8.87 Å². The fourth-order valence-electron chi connectivity index (χ4n) is 2.23. The summed E-state index contributed by atoms with van der Waals surface area (Å²) in [4.78, 5) is 12.1. The van der Waals surface area contributed by atoms with Crippen LogP contribution in [0.5, 0.6) is 0 Å². The molecule has 118 valence electrons. The van der Waals surface area contributed by atoms with Crippen molar-refractivity contribution in [3.63, 3.8) is 0 Å². The van der Waals surface area contributed by atoms with Crippen LogP contribution in [0.15, 0.2) is 30.3 Å². The van der Waals surface area contributed by atoms with Gasteiger partial charge in [-0.3, -0.25) is 4.79 Å². The third-order valence-corrected chi connectivity index (χ3v) is 6.94. The van der Waals surface area contributed by atoms with E-state index in [4.69, 9.17) is 0 Å². The molecule has 0 aliphatic carbocycles. The highest BCUT2D eigenvalue weighted by Gasteiger charge is 2.17. The molecule has 0 radical (unpaired) electrons. The van der Waals surface area contributed by atoms with Crippen LogP contribution >= 0.6 is 10.8 Å². The van der Waals surface area contributed by atoms with E-state index in [2.05, 4.69) is 6.92 Å². The molecule has 1 rings (SSSR count). The zero-order valence-corrected chi connectivity index (χ0v) is 14.5. The molecule has 0 aliphatic rings. The van der Waals surface area contributed by atoms with Crippen molar-refractivity contribution < 1.29 is 13.2 Å². The van der Waals surface area contributed by atoms with Crippen molar-refractivity contribution in [2.24, 2.45) is 11.8 Å². The second-order valence-electron chi connectivity index (χ2n) is 5.67. The fraction of sp³-hybridized carbons (Fsp3) is 0.562. The topological polar surface area (TPSA) is 51.2 Å². The minimum Gasteiger partial charge on any atom is -0.294 e. The lowest BCUT2D eigenvalue weighted by Crippen LogP contribution is -2.12. The molecule has 5 heteroatoms. The molecule has 0 saturated heterocycles. The first-order chi connectivity index (χ1) is 9.84.